The Morgan fingerprint density at radius 2 is 1.39 bits per heavy atom. The molecule has 2 aliphatic carbocycles. The molecule has 0 bridgehead atoms. The second kappa shape index (κ2) is 7.76. The first-order chi connectivity index (χ1) is 13.7. The highest BCUT2D eigenvalue weighted by Crippen LogP contribution is 2.45. The zero-order chi connectivity index (χ0) is 19.6. The van der Waals surface area contributed by atoms with Crippen molar-refractivity contribution in [2.75, 3.05) is 13.3 Å². The fourth-order valence-corrected chi connectivity index (χ4v) is 4.60. The monoisotopic (exact) mass is 379 g/mol. The van der Waals surface area contributed by atoms with Crippen LogP contribution in [0.2, 0.25) is 0 Å². The van der Waals surface area contributed by atoms with Gasteiger partial charge in [0.1, 0.15) is 13.3 Å². The van der Waals surface area contributed by atoms with Crippen LogP contribution in [0.25, 0.3) is 11.1 Å². The number of fused-ring (bicyclic) bond motifs is 3. The van der Waals surface area contributed by atoms with Gasteiger partial charge in [0.25, 0.3) is 0 Å². The first kappa shape index (κ1) is 18.7. The average Bonchev–Trinajstić information content (AvgIpc) is 3.06. The number of hydrogen-bond donors (Lipinski definition) is 1. The summed E-state index contributed by atoms with van der Waals surface area (Å²) in [6.45, 7) is -0.0121. The van der Waals surface area contributed by atoms with Gasteiger partial charge < -0.3 is 9.47 Å². The van der Waals surface area contributed by atoms with E-state index in [1.807, 2.05) is 24.3 Å². The molecule has 0 spiro atoms. The molecule has 0 saturated heterocycles. The maximum Gasteiger partial charge on any atom is 0.324 e. The summed E-state index contributed by atoms with van der Waals surface area (Å²) >= 11 is 0. The van der Waals surface area contributed by atoms with E-state index in [9.17, 15) is 9.59 Å². The number of ether oxygens (including phenoxy) is 2. The smallest absolute Gasteiger partial charge is 0.324 e. The van der Waals surface area contributed by atoms with Crippen molar-refractivity contribution >= 4 is 11.9 Å². The molecule has 2 N–H and O–H groups in total. The highest BCUT2D eigenvalue weighted by atomic mass is 16.6. The van der Waals surface area contributed by atoms with E-state index in [-0.39, 0.29) is 19.3 Å². The predicted octanol–water partition coefficient (Wildman–Crippen LogP) is 3.75. The van der Waals surface area contributed by atoms with E-state index in [0.717, 1.165) is 30.4 Å². The highest BCUT2D eigenvalue weighted by Gasteiger charge is 2.49. The van der Waals surface area contributed by atoms with Crippen molar-refractivity contribution < 1.29 is 19.1 Å². The van der Waals surface area contributed by atoms with Crippen molar-refractivity contribution in [2.45, 2.75) is 38.0 Å². The van der Waals surface area contributed by atoms with Crippen molar-refractivity contribution in [3.63, 3.8) is 0 Å². The molecule has 0 heterocycles. The maximum atomic E-state index is 13.1. The van der Waals surface area contributed by atoms with Crippen LogP contribution >= 0.6 is 0 Å². The molecular weight excluding hydrogens is 354 g/mol. The van der Waals surface area contributed by atoms with Gasteiger partial charge in [-0.25, -0.2) is 0 Å². The summed E-state index contributed by atoms with van der Waals surface area (Å²) in [4.78, 5) is 25.6. The minimum Gasteiger partial charge on any atom is -0.464 e. The zero-order valence-corrected chi connectivity index (χ0v) is 15.9. The molecule has 0 radical (unpaired) electrons. The van der Waals surface area contributed by atoms with Crippen molar-refractivity contribution in [1.82, 2.24) is 0 Å². The molecule has 4 rings (SSSR count). The lowest BCUT2D eigenvalue weighted by Gasteiger charge is -2.32. The Labute approximate surface area is 164 Å². The van der Waals surface area contributed by atoms with E-state index >= 15 is 0 Å². The van der Waals surface area contributed by atoms with E-state index in [0.29, 0.717) is 12.8 Å². The Kier molecular flexibility index (Phi) is 5.18. The van der Waals surface area contributed by atoms with Gasteiger partial charge >= 0.3 is 11.9 Å². The van der Waals surface area contributed by atoms with Gasteiger partial charge in [-0.15, -0.1) is 0 Å². The lowest BCUT2D eigenvalue weighted by atomic mass is 9.74. The summed E-state index contributed by atoms with van der Waals surface area (Å²) in [6, 6.07) is 16.4. The molecular formula is C23H25NO4. The fraction of sp³-hybridized carbons (Fsp3) is 0.391. The number of hydrogen-bond acceptors (Lipinski definition) is 5. The molecule has 5 heteroatoms. The van der Waals surface area contributed by atoms with Crippen LogP contribution in [0.3, 0.4) is 0 Å². The van der Waals surface area contributed by atoms with E-state index in [2.05, 4.69) is 24.3 Å². The highest BCUT2D eigenvalue weighted by molar-refractivity contribution is 6.00. The van der Waals surface area contributed by atoms with Crippen molar-refractivity contribution in [3.8, 4) is 11.1 Å². The van der Waals surface area contributed by atoms with E-state index in [1.54, 1.807) is 0 Å². The Bertz CT molecular complexity index is 840. The number of nitrogens with two attached hydrogens (primary N) is 1. The summed E-state index contributed by atoms with van der Waals surface area (Å²) in [6.07, 6.45) is 3.55. The van der Waals surface area contributed by atoms with Crippen LogP contribution in [0.4, 0.5) is 0 Å². The molecule has 28 heavy (non-hydrogen) atoms. The molecule has 0 aliphatic heterocycles. The minimum absolute atomic E-state index is 0.0254. The molecule has 1 saturated carbocycles. The Morgan fingerprint density at radius 3 is 1.96 bits per heavy atom. The second-order valence-corrected chi connectivity index (χ2v) is 7.57. The third-order valence-electron chi connectivity index (χ3n) is 6.05. The molecule has 0 unspecified atom stereocenters. The number of esters is 2. The summed E-state index contributed by atoms with van der Waals surface area (Å²) in [5.74, 6) is -1.05. The van der Waals surface area contributed by atoms with Crippen molar-refractivity contribution in [3.05, 3.63) is 59.7 Å². The predicted molar refractivity (Wildman–Crippen MR) is 105 cm³/mol. The average molecular weight is 379 g/mol. The molecule has 146 valence electrons. The molecule has 2 aromatic rings. The molecule has 0 atom stereocenters. The third-order valence-corrected chi connectivity index (χ3v) is 6.05. The van der Waals surface area contributed by atoms with Crippen LogP contribution in [0, 0.1) is 5.41 Å². The van der Waals surface area contributed by atoms with Gasteiger partial charge in [0.2, 0.25) is 0 Å². The Hall–Kier alpha value is -2.66. The summed E-state index contributed by atoms with van der Waals surface area (Å²) in [7, 11) is 0. The maximum absolute atomic E-state index is 13.1. The molecule has 2 aliphatic rings. The zero-order valence-electron chi connectivity index (χ0n) is 15.9. The van der Waals surface area contributed by atoms with E-state index in [4.69, 9.17) is 15.2 Å². The van der Waals surface area contributed by atoms with Crippen LogP contribution in [0.15, 0.2) is 48.5 Å². The normalized spacial score (nSPS) is 17.5. The van der Waals surface area contributed by atoms with Gasteiger partial charge in [0, 0.05) is 5.92 Å². The van der Waals surface area contributed by atoms with Gasteiger partial charge in [0.15, 0.2) is 5.41 Å². The van der Waals surface area contributed by atoms with Gasteiger partial charge in [-0.3, -0.25) is 15.3 Å². The van der Waals surface area contributed by atoms with Crippen LogP contribution in [-0.2, 0) is 19.1 Å². The Balaban J connectivity index is 1.57. The number of carbonyl (C=O) groups is 2. The lowest BCUT2D eigenvalue weighted by molar-refractivity contribution is -0.175. The number of benzene rings is 2. The molecule has 2 aromatic carbocycles. The van der Waals surface area contributed by atoms with Crippen LogP contribution in [0.1, 0.15) is 49.1 Å². The summed E-state index contributed by atoms with van der Waals surface area (Å²) in [5, 5.41) is 0. The summed E-state index contributed by atoms with van der Waals surface area (Å²) in [5.41, 5.74) is 8.82. The van der Waals surface area contributed by atoms with E-state index < -0.39 is 17.4 Å². The van der Waals surface area contributed by atoms with Crippen LogP contribution in [-0.4, -0.2) is 25.3 Å². The largest absolute Gasteiger partial charge is 0.464 e. The number of rotatable bonds is 5. The minimum atomic E-state index is -1.21. The van der Waals surface area contributed by atoms with Crippen molar-refractivity contribution in [2.24, 2.45) is 11.1 Å². The molecule has 1 fully saturated rings. The first-order valence-corrected chi connectivity index (χ1v) is 9.90. The topological polar surface area (TPSA) is 78.6 Å². The molecule has 0 amide bonds. The quantitative estimate of drug-likeness (QED) is 0.486. The SMILES string of the molecule is NCOC(=O)C1(C(=O)OCC2c3ccccc3-c3ccccc32)CCCCC1. The van der Waals surface area contributed by atoms with Gasteiger partial charge in [-0.05, 0) is 35.1 Å². The van der Waals surface area contributed by atoms with Crippen LogP contribution < -0.4 is 5.73 Å². The van der Waals surface area contributed by atoms with Crippen molar-refractivity contribution in [1.29, 1.82) is 0 Å². The Morgan fingerprint density at radius 1 is 0.857 bits per heavy atom. The molecule has 5 nitrogen and oxygen atoms in total. The standard InChI is InChI=1S/C23H25NO4/c24-15-28-22(26)23(12-6-1-7-13-23)21(25)27-14-20-18-10-4-2-8-16(18)17-9-3-5-11-19(17)20/h2-5,8-11,20H,1,6-7,12-15,24H2. The molecule has 0 aromatic heterocycles. The summed E-state index contributed by atoms with van der Waals surface area (Å²) < 4.78 is 10.8. The first-order valence-electron chi connectivity index (χ1n) is 9.90. The third kappa shape index (κ3) is 3.10. The lowest BCUT2D eigenvalue weighted by Crippen LogP contribution is -2.44. The fourth-order valence-electron chi connectivity index (χ4n) is 4.60. The van der Waals surface area contributed by atoms with E-state index in [1.165, 1.54) is 11.1 Å². The van der Waals surface area contributed by atoms with Gasteiger partial charge in [0.05, 0.1) is 0 Å². The van der Waals surface area contributed by atoms with Crippen LogP contribution in [0.5, 0.6) is 0 Å². The van der Waals surface area contributed by atoms with Gasteiger partial charge in [-0.2, -0.15) is 0 Å². The van der Waals surface area contributed by atoms with Gasteiger partial charge in [-0.1, -0.05) is 67.8 Å². The second-order valence-electron chi connectivity index (χ2n) is 7.57. The number of carbonyl (C=O) groups excluding carboxylic acids is 2.